The Kier molecular flexibility index (Phi) is 4.63. The summed E-state index contributed by atoms with van der Waals surface area (Å²) in [6.45, 7) is 5.69. The maximum atomic E-state index is 11.9. The van der Waals surface area contributed by atoms with Crippen LogP contribution in [0.3, 0.4) is 0 Å². The van der Waals surface area contributed by atoms with Crippen molar-refractivity contribution in [3.8, 4) is 0 Å². The van der Waals surface area contributed by atoms with Crippen LogP contribution in [0, 0.1) is 5.41 Å². The van der Waals surface area contributed by atoms with Gasteiger partial charge in [0.15, 0.2) is 0 Å². The molecule has 1 aromatic heterocycles. The van der Waals surface area contributed by atoms with Crippen molar-refractivity contribution in [2.75, 3.05) is 10.6 Å². The van der Waals surface area contributed by atoms with E-state index in [1.54, 1.807) is 6.20 Å². The zero-order valence-electron chi connectivity index (χ0n) is 12.7. The summed E-state index contributed by atoms with van der Waals surface area (Å²) in [5.41, 5.74) is 0.359. The lowest BCUT2D eigenvalue weighted by Crippen LogP contribution is -2.27. The van der Waals surface area contributed by atoms with Crippen molar-refractivity contribution in [3.63, 3.8) is 0 Å². The van der Waals surface area contributed by atoms with Crippen LogP contribution in [0.4, 0.5) is 11.5 Å². The molecule has 1 amide bonds. The van der Waals surface area contributed by atoms with Gasteiger partial charge in [0.2, 0.25) is 5.91 Å². The summed E-state index contributed by atoms with van der Waals surface area (Å²) in [4.78, 5) is 16.3. The molecule has 4 nitrogen and oxygen atoms in total. The maximum absolute atomic E-state index is 11.9. The first kappa shape index (κ1) is 14.8. The van der Waals surface area contributed by atoms with Crippen molar-refractivity contribution < 1.29 is 4.79 Å². The molecule has 0 aromatic carbocycles. The second kappa shape index (κ2) is 6.25. The number of anilines is 2. The van der Waals surface area contributed by atoms with Gasteiger partial charge >= 0.3 is 0 Å². The number of nitrogens with zero attached hydrogens (tertiary/aromatic N) is 1. The van der Waals surface area contributed by atoms with Gasteiger partial charge in [-0.1, -0.05) is 40.0 Å². The van der Waals surface area contributed by atoms with E-state index in [0.717, 1.165) is 11.5 Å². The highest BCUT2D eigenvalue weighted by Crippen LogP contribution is 2.22. The summed E-state index contributed by atoms with van der Waals surface area (Å²) in [6, 6.07) is 4.39. The highest BCUT2D eigenvalue weighted by molar-refractivity contribution is 5.94. The van der Waals surface area contributed by atoms with Gasteiger partial charge in [-0.15, -0.1) is 0 Å². The van der Waals surface area contributed by atoms with E-state index >= 15 is 0 Å². The predicted octanol–water partition coefficient (Wildman–Crippen LogP) is 3.81. The monoisotopic (exact) mass is 275 g/mol. The Morgan fingerprint density at radius 3 is 2.45 bits per heavy atom. The predicted molar refractivity (Wildman–Crippen MR) is 82.8 cm³/mol. The number of carbonyl (C=O) groups is 1. The molecule has 0 aliphatic heterocycles. The molecule has 110 valence electrons. The van der Waals surface area contributed by atoms with Crippen molar-refractivity contribution in [2.24, 2.45) is 5.41 Å². The molecule has 0 bridgehead atoms. The van der Waals surface area contributed by atoms with Gasteiger partial charge in [-0.2, -0.15) is 0 Å². The number of hydrogen-bond donors (Lipinski definition) is 2. The number of pyridine rings is 1. The lowest BCUT2D eigenvalue weighted by molar-refractivity contribution is -0.123. The standard InChI is InChI=1S/C16H25N3O/c1-16(2,3)15(20)19-13-9-10-14(17-11-13)18-12-7-5-4-6-8-12/h9-12H,4-8H2,1-3H3,(H,17,18)(H,19,20). The number of carbonyl (C=O) groups excluding carboxylic acids is 1. The zero-order chi connectivity index (χ0) is 14.6. The van der Waals surface area contributed by atoms with Gasteiger partial charge in [0, 0.05) is 11.5 Å². The molecule has 2 rings (SSSR count). The Morgan fingerprint density at radius 1 is 1.20 bits per heavy atom. The number of rotatable bonds is 3. The first-order valence-corrected chi connectivity index (χ1v) is 7.49. The highest BCUT2D eigenvalue weighted by atomic mass is 16.2. The van der Waals surface area contributed by atoms with E-state index in [4.69, 9.17) is 0 Å². The minimum Gasteiger partial charge on any atom is -0.367 e. The molecule has 4 heteroatoms. The summed E-state index contributed by atoms with van der Waals surface area (Å²) in [6.07, 6.45) is 8.13. The van der Waals surface area contributed by atoms with Crippen LogP contribution < -0.4 is 10.6 Å². The Morgan fingerprint density at radius 2 is 1.90 bits per heavy atom. The normalized spacial score (nSPS) is 16.8. The van der Waals surface area contributed by atoms with Gasteiger partial charge in [-0.05, 0) is 25.0 Å². The minimum atomic E-state index is -0.390. The highest BCUT2D eigenvalue weighted by Gasteiger charge is 2.21. The van der Waals surface area contributed by atoms with Gasteiger partial charge < -0.3 is 10.6 Å². The fourth-order valence-corrected chi connectivity index (χ4v) is 2.33. The van der Waals surface area contributed by atoms with E-state index in [1.807, 2.05) is 32.9 Å². The van der Waals surface area contributed by atoms with Gasteiger partial charge in [0.1, 0.15) is 5.82 Å². The number of nitrogens with one attached hydrogen (secondary N) is 2. The zero-order valence-corrected chi connectivity index (χ0v) is 12.7. The lowest BCUT2D eigenvalue weighted by atomic mass is 9.95. The van der Waals surface area contributed by atoms with Gasteiger partial charge in [0.05, 0.1) is 11.9 Å². The van der Waals surface area contributed by atoms with Crippen LogP contribution in [-0.4, -0.2) is 16.9 Å². The van der Waals surface area contributed by atoms with E-state index in [-0.39, 0.29) is 11.3 Å². The topological polar surface area (TPSA) is 54.0 Å². The molecule has 1 heterocycles. The fourth-order valence-electron chi connectivity index (χ4n) is 2.33. The largest absolute Gasteiger partial charge is 0.367 e. The molecule has 0 unspecified atom stereocenters. The molecule has 2 N–H and O–H groups in total. The summed E-state index contributed by atoms with van der Waals surface area (Å²) in [5.74, 6) is 0.901. The first-order chi connectivity index (χ1) is 9.45. The molecule has 1 aliphatic carbocycles. The third-order valence-corrected chi connectivity index (χ3v) is 3.66. The molecule has 1 fully saturated rings. The number of aromatic nitrogens is 1. The second-order valence-corrected chi connectivity index (χ2v) is 6.62. The second-order valence-electron chi connectivity index (χ2n) is 6.62. The van der Waals surface area contributed by atoms with Crippen molar-refractivity contribution >= 4 is 17.4 Å². The SMILES string of the molecule is CC(C)(C)C(=O)Nc1ccc(NC2CCCCC2)nc1. The maximum Gasteiger partial charge on any atom is 0.229 e. The molecule has 0 radical (unpaired) electrons. The molecule has 1 aliphatic rings. The summed E-state index contributed by atoms with van der Waals surface area (Å²) in [7, 11) is 0. The summed E-state index contributed by atoms with van der Waals surface area (Å²) < 4.78 is 0. The van der Waals surface area contributed by atoms with E-state index < -0.39 is 0 Å². The average molecular weight is 275 g/mol. The van der Waals surface area contributed by atoms with Crippen LogP contribution in [0.15, 0.2) is 18.3 Å². The summed E-state index contributed by atoms with van der Waals surface area (Å²) in [5, 5.41) is 6.35. The first-order valence-electron chi connectivity index (χ1n) is 7.49. The molecule has 1 saturated carbocycles. The molecular formula is C16H25N3O. The van der Waals surface area contributed by atoms with Crippen LogP contribution in [0.25, 0.3) is 0 Å². The van der Waals surface area contributed by atoms with Crippen LogP contribution in [0.1, 0.15) is 52.9 Å². The number of amides is 1. The Bertz CT molecular complexity index is 442. The Hall–Kier alpha value is -1.58. The molecular weight excluding hydrogens is 250 g/mol. The van der Waals surface area contributed by atoms with Gasteiger partial charge in [-0.25, -0.2) is 4.98 Å². The van der Waals surface area contributed by atoms with E-state index in [1.165, 1.54) is 32.1 Å². The lowest BCUT2D eigenvalue weighted by Gasteiger charge is -2.23. The molecule has 0 spiro atoms. The van der Waals surface area contributed by atoms with E-state index in [2.05, 4.69) is 15.6 Å². The summed E-state index contributed by atoms with van der Waals surface area (Å²) >= 11 is 0. The third-order valence-electron chi connectivity index (χ3n) is 3.66. The van der Waals surface area contributed by atoms with Crippen LogP contribution >= 0.6 is 0 Å². The van der Waals surface area contributed by atoms with Crippen LogP contribution in [0.2, 0.25) is 0 Å². The molecule has 0 saturated heterocycles. The van der Waals surface area contributed by atoms with Crippen LogP contribution in [-0.2, 0) is 4.79 Å². The smallest absolute Gasteiger partial charge is 0.229 e. The average Bonchev–Trinajstić information content (AvgIpc) is 2.41. The van der Waals surface area contributed by atoms with Gasteiger partial charge in [-0.3, -0.25) is 4.79 Å². The van der Waals surface area contributed by atoms with E-state index in [0.29, 0.717) is 6.04 Å². The van der Waals surface area contributed by atoms with Crippen molar-refractivity contribution in [3.05, 3.63) is 18.3 Å². The Balaban J connectivity index is 1.91. The molecule has 1 aromatic rings. The molecule has 0 atom stereocenters. The number of hydrogen-bond acceptors (Lipinski definition) is 3. The van der Waals surface area contributed by atoms with Gasteiger partial charge in [0.25, 0.3) is 0 Å². The quantitative estimate of drug-likeness (QED) is 0.882. The van der Waals surface area contributed by atoms with Crippen LogP contribution in [0.5, 0.6) is 0 Å². The minimum absolute atomic E-state index is 0.00675. The van der Waals surface area contributed by atoms with E-state index in [9.17, 15) is 4.79 Å². The Labute approximate surface area is 121 Å². The molecule has 20 heavy (non-hydrogen) atoms. The van der Waals surface area contributed by atoms with Crippen molar-refractivity contribution in [1.82, 2.24) is 4.98 Å². The van der Waals surface area contributed by atoms with Crippen molar-refractivity contribution in [1.29, 1.82) is 0 Å². The third kappa shape index (κ3) is 4.22. The fraction of sp³-hybridized carbons (Fsp3) is 0.625. The van der Waals surface area contributed by atoms with Crippen molar-refractivity contribution in [2.45, 2.75) is 58.9 Å².